The Kier molecular flexibility index (Phi) is 7.66. The van der Waals surface area contributed by atoms with E-state index in [2.05, 4.69) is 22.2 Å². The van der Waals surface area contributed by atoms with Crippen molar-refractivity contribution in [2.24, 2.45) is 23.5 Å². The lowest BCUT2D eigenvalue weighted by molar-refractivity contribution is -0.203. The lowest BCUT2D eigenvalue weighted by Gasteiger charge is -2.60. The predicted molar refractivity (Wildman–Crippen MR) is 167 cm³/mol. The summed E-state index contributed by atoms with van der Waals surface area (Å²) in [5.74, 6) is -2.57. The van der Waals surface area contributed by atoms with Gasteiger partial charge in [0.05, 0.1) is 35.9 Å². The highest BCUT2D eigenvalue weighted by Gasteiger charge is 2.61. The third-order valence-corrected chi connectivity index (χ3v) is 12.2. The predicted octanol–water partition coefficient (Wildman–Crippen LogP) is 1.73. The van der Waals surface area contributed by atoms with Gasteiger partial charge in [0.1, 0.15) is 6.17 Å². The fraction of sp³-hybridized carbons (Fsp3) is 0.657. The number of nitrogens with zero attached hydrogens (tertiary/aromatic N) is 3. The average molecular weight is 634 g/mol. The molecular weight excluding hydrogens is 589 g/mol. The third kappa shape index (κ3) is 4.79. The molecule has 11 atom stereocenters. The largest absolute Gasteiger partial charge is 0.369 e. The highest BCUT2D eigenvalue weighted by Crippen LogP contribution is 2.50. The number of halogens is 1. The van der Waals surface area contributed by atoms with E-state index >= 15 is 4.39 Å². The summed E-state index contributed by atoms with van der Waals surface area (Å²) in [4.78, 5) is 61.4. The van der Waals surface area contributed by atoms with Crippen molar-refractivity contribution >= 4 is 23.3 Å². The van der Waals surface area contributed by atoms with E-state index in [1.807, 2.05) is 0 Å². The van der Waals surface area contributed by atoms with Gasteiger partial charge in [0.2, 0.25) is 0 Å². The number of fused-ring (bicyclic) bond motifs is 4. The van der Waals surface area contributed by atoms with Crippen LogP contribution < -0.4 is 11.1 Å². The van der Waals surface area contributed by atoms with Crippen LogP contribution in [0.5, 0.6) is 0 Å². The summed E-state index contributed by atoms with van der Waals surface area (Å²) in [6, 6.07) is 5.89. The molecule has 3 N–H and O–H groups in total. The fourth-order valence-corrected chi connectivity index (χ4v) is 9.80. The number of Topliss-reactive ketones (excluding diaryl/α,β-unsaturated/α-hetero) is 3. The highest BCUT2D eigenvalue weighted by molar-refractivity contribution is 6.21. The van der Waals surface area contributed by atoms with E-state index in [0.717, 1.165) is 25.8 Å². The first-order valence-corrected chi connectivity index (χ1v) is 17.2. The van der Waals surface area contributed by atoms with Gasteiger partial charge in [-0.2, -0.15) is 0 Å². The van der Waals surface area contributed by atoms with E-state index in [4.69, 9.17) is 10.5 Å². The van der Waals surface area contributed by atoms with E-state index in [9.17, 15) is 19.2 Å². The van der Waals surface area contributed by atoms with Crippen LogP contribution in [0, 0.1) is 17.8 Å². The maximum atomic E-state index is 16.3. The number of carbonyl (C=O) groups is 4. The molecule has 11 heteroatoms. The number of rotatable bonds is 5. The molecule has 4 heterocycles. The summed E-state index contributed by atoms with van der Waals surface area (Å²) in [5.41, 5.74) is 7.08. The summed E-state index contributed by atoms with van der Waals surface area (Å²) in [7, 11) is 2.13. The zero-order valence-electron chi connectivity index (χ0n) is 26.4. The summed E-state index contributed by atoms with van der Waals surface area (Å²) >= 11 is 0. The minimum Gasteiger partial charge on any atom is -0.369 e. The van der Waals surface area contributed by atoms with Crippen LogP contribution in [0.1, 0.15) is 65.7 Å². The number of amides is 1. The van der Waals surface area contributed by atoms with Crippen LogP contribution in [0.4, 0.5) is 4.39 Å². The number of ether oxygens (including phenoxy) is 1. The molecule has 11 unspecified atom stereocenters. The molecule has 246 valence electrons. The first-order chi connectivity index (χ1) is 22.2. The molecule has 1 amide bonds. The first kappa shape index (κ1) is 30.4. The van der Waals surface area contributed by atoms with Gasteiger partial charge in [-0.1, -0.05) is 24.3 Å². The number of hydrogen-bond acceptors (Lipinski definition) is 9. The number of ketones is 3. The smallest absolute Gasteiger partial charge is 0.259 e. The van der Waals surface area contributed by atoms with Crippen LogP contribution in [0.15, 0.2) is 36.0 Å². The van der Waals surface area contributed by atoms with Gasteiger partial charge >= 0.3 is 0 Å². The molecule has 10 nitrogen and oxygen atoms in total. The minimum atomic E-state index is -1.34. The Hall–Kier alpha value is -2.99. The zero-order valence-corrected chi connectivity index (χ0v) is 26.4. The number of carbonyl (C=O) groups excluding carboxylic acids is 4. The van der Waals surface area contributed by atoms with Crippen molar-refractivity contribution in [1.82, 2.24) is 20.0 Å². The Morgan fingerprint density at radius 3 is 2.41 bits per heavy atom. The number of benzene rings is 1. The van der Waals surface area contributed by atoms with Gasteiger partial charge in [0, 0.05) is 60.3 Å². The van der Waals surface area contributed by atoms with Gasteiger partial charge in [0.15, 0.2) is 17.3 Å². The molecule has 5 fully saturated rings. The number of nitrogens with two attached hydrogens (primary N) is 1. The molecule has 3 aliphatic carbocycles. The molecule has 1 aromatic rings. The van der Waals surface area contributed by atoms with Crippen LogP contribution in [-0.2, 0) is 14.3 Å². The molecule has 0 spiro atoms. The number of hydrogen-bond donors (Lipinski definition) is 2. The monoisotopic (exact) mass is 633 g/mol. The quantitative estimate of drug-likeness (QED) is 0.467. The number of likely N-dealkylation sites (tertiary alicyclic amines) is 2. The number of alkyl halides is 1. The molecule has 2 saturated carbocycles. The Bertz CT molecular complexity index is 1480. The standard InChI is InChI=1S/C35H44FN5O5/c1-39-11-4-5-19(39)8-10-38-29-26(36)13-24-30-34(29)46-28-15-23-22(31(42)20-6-2-3-7-21(20)32(23)43)14-27(28)41(30)17-25(33(24)44)35(45)40-12-9-18(37)16-40/h2-3,6-7,17-19,22-24,26-30,34,38H,4-5,8-16,37H2,1H3. The lowest BCUT2D eigenvalue weighted by atomic mass is 9.63. The van der Waals surface area contributed by atoms with Crippen LogP contribution >= 0.6 is 0 Å². The molecule has 0 bridgehead atoms. The molecule has 0 radical (unpaired) electrons. The second-order valence-corrected chi connectivity index (χ2v) is 14.7. The van der Waals surface area contributed by atoms with E-state index in [-0.39, 0.29) is 47.3 Å². The maximum absolute atomic E-state index is 16.3. The van der Waals surface area contributed by atoms with E-state index in [1.165, 1.54) is 0 Å². The zero-order chi connectivity index (χ0) is 31.9. The van der Waals surface area contributed by atoms with Crippen molar-refractivity contribution < 1.29 is 28.3 Å². The van der Waals surface area contributed by atoms with Gasteiger partial charge in [-0.05, 0) is 65.1 Å². The Morgan fingerprint density at radius 2 is 1.74 bits per heavy atom. The summed E-state index contributed by atoms with van der Waals surface area (Å²) in [6.45, 7) is 2.55. The Balaban J connectivity index is 1.13. The molecule has 1 aromatic carbocycles. The molecule has 0 aromatic heterocycles. The molecule has 8 rings (SSSR count). The van der Waals surface area contributed by atoms with Gasteiger partial charge in [-0.3, -0.25) is 19.2 Å². The molecule has 4 aliphatic heterocycles. The van der Waals surface area contributed by atoms with Crippen molar-refractivity contribution in [2.75, 3.05) is 33.2 Å². The minimum absolute atomic E-state index is 0.000770. The number of nitrogens with one attached hydrogen (secondary N) is 1. The lowest BCUT2D eigenvalue weighted by Crippen LogP contribution is -2.73. The molecular formula is C35H44FN5O5. The molecule has 7 aliphatic rings. The van der Waals surface area contributed by atoms with Crippen LogP contribution in [0.25, 0.3) is 0 Å². The second kappa shape index (κ2) is 11.6. The highest BCUT2D eigenvalue weighted by atomic mass is 19.1. The second-order valence-electron chi connectivity index (χ2n) is 14.7. The fourth-order valence-electron chi connectivity index (χ4n) is 9.80. The Labute approximate surface area is 268 Å². The first-order valence-electron chi connectivity index (χ1n) is 17.2. The third-order valence-electron chi connectivity index (χ3n) is 12.2. The normalized spacial score (nSPS) is 40.3. The van der Waals surface area contributed by atoms with Crippen molar-refractivity contribution in [1.29, 1.82) is 0 Å². The van der Waals surface area contributed by atoms with Crippen molar-refractivity contribution in [2.45, 2.75) is 93.5 Å². The van der Waals surface area contributed by atoms with Gasteiger partial charge in [0.25, 0.3) is 5.91 Å². The van der Waals surface area contributed by atoms with Crippen molar-refractivity contribution in [3.8, 4) is 0 Å². The summed E-state index contributed by atoms with van der Waals surface area (Å²) in [6.07, 6.45) is 3.80. The Morgan fingerprint density at radius 1 is 1.00 bits per heavy atom. The molecule has 46 heavy (non-hydrogen) atoms. The number of morpholine rings is 1. The van der Waals surface area contributed by atoms with Crippen LogP contribution in [0.2, 0.25) is 0 Å². The van der Waals surface area contributed by atoms with Crippen LogP contribution in [-0.4, -0.2) is 120 Å². The van der Waals surface area contributed by atoms with E-state index < -0.39 is 48.2 Å². The van der Waals surface area contributed by atoms with Gasteiger partial charge < -0.3 is 30.5 Å². The van der Waals surface area contributed by atoms with Crippen molar-refractivity contribution in [3.05, 3.63) is 47.2 Å². The van der Waals surface area contributed by atoms with Crippen molar-refractivity contribution in [3.63, 3.8) is 0 Å². The van der Waals surface area contributed by atoms with Gasteiger partial charge in [-0.15, -0.1) is 0 Å². The van der Waals surface area contributed by atoms with E-state index in [0.29, 0.717) is 56.1 Å². The SMILES string of the molecule is CN1CCCC1CCNC1C(F)CC2C(=O)C(C(=O)N3CCC(N)C3)=CN3C4CC5C(=O)c6ccccc6C(=O)C5CC4OC1C23. The summed E-state index contributed by atoms with van der Waals surface area (Å²) < 4.78 is 23.1. The topological polar surface area (TPSA) is 125 Å². The van der Waals surface area contributed by atoms with E-state index in [1.54, 1.807) is 35.4 Å². The maximum Gasteiger partial charge on any atom is 0.259 e. The summed E-state index contributed by atoms with van der Waals surface area (Å²) in [5, 5.41) is 3.49. The molecule has 3 saturated heterocycles. The van der Waals surface area contributed by atoms with Gasteiger partial charge in [-0.25, -0.2) is 4.39 Å². The van der Waals surface area contributed by atoms with Crippen LogP contribution in [0.3, 0.4) is 0 Å². The average Bonchev–Trinajstić information content (AvgIpc) is 3.68.